The third-order valence-electron chi connectivity index (χ3n) is 2.64. The third kappa shape index (κ3) is 1.20. The Morgan fingerprint density at radius 2 is 2.12 bits per heavy atom. The van der Waals surface area contributed by atoms with E-state index < -0.39 is 6.17 Å². The van der Waals surface area contributed by atoms with E-state index in [1.165, 1.54) is 0 Å². The first-order chi connectivity index (χ1) is 7.90. The van der Waals surface area contributed by atoms with Crippen LogP contribution in [0.3, 0.4) is 0 Å². The first kappa shape index (κ1) is 9.03. The van der Waals surface area contributed by atoms with Gasteiger partial charge in [-0.25, -0.2) is 0 Å². The Morgan fingerprint density at radius 3 is 3.00 bits per heavy atom. The molecule has 1 atom stereocenters. The molecule has 0 bridgehead atoms. The molecule has 1 unspecified atom stereocenters. The number of fused-ring (bicyclic) bond motifs is 3. The highest BCUT2D eigenvalue weighted by atomic mass is 16.1. The molecule has 2 heterocycles. The number of rotatable bonds is 1. The fourth-order valence-electron chi connectivity index (χ4n) is 1.92. The van der Waals surface area contributed by atoms with Crippen molar-refractivity contribution in [3.8, 4) is 0 Å². The van der Waals surface area contributed by atoms with Gasteiger partial charge in [-0.05, 0) is 6.07 Å². The van der Waals surface area contributed by atoms with Gasteiger partial charge in [0.25, 0.3) is 0 Å². The van der Waals surface area contributed by atoms with Gasteiger partial charge in [0.2, 0.25) is 0 Å². The highest BCUT2D eigenvalue weighted by Gasteiger charge is 2.27. The summed E-state index contributed by atoms with van der Waals surface area (Å²) in [5.74, 6) is 0. The zero-order valence-electron chi connectivity index (χ0n) is 8.45. The minimum atomic E-state index is -0.464. The van der Waals surface area contributed by atoms with Crippen LogP contribution in [0.5, 0.6) is 0 Å². The molecule has 2 aliphatic heterocycles. The SMILES string of the molecule is O=CC1N=CC2=CN=Cc3ccccc3N21. The largest absolute Gasteiger partial charge is 0.309 e. The molecule has 0 spiro atoms. The normalized spacial score (nSPS) is 21.1. The molecule has 0 radical (unpaired) electrons. The topological polar surface area (TPSA) is 45.0 Å². The number of carbonyl (C=O) groups excluding carboxylic acids is 1. The van der Waals surface area contributed by atoms with Crippen molar-refractivity contribution in [1.82, 2.24) is 0 Å². The summed E-state index contributed by atoms with van der Waals surface area (Å²) in [6, 6.07) is 7.82. The maximum absolute atomic E-state index is 11.0. The molecular formula is C12H9N3O. The average molecular weight is 211 g/mol. The van der Waals surface area contributed by atoms with E-state index in [-0.39, 0.29) is 0 Å². The Balaban J connectivity index is 2.18. The van der Waals surface area contributed by atoms with Crippen molar-refractivity contribution in [2.45, 2.75) is 6.17 Å². The second kappa shape index (κ2) is 3.41. The Morgan fingerprint density at radius 1 is 1.25 bits per heavy atom. The van der Waals surface area contributed by atoms with E-state index in [1.807, 2.05) is 29.2 Å². The zero-order chi connectivity index (χ0) is 11.0. The fraction of sp³-hybridized carbons (Fsp3) is 0.0833. The van der Waals surface area contributed by atoms with Crippen LogP contribution in [0.4, 0.5) is 5.69 Å². The second-order valence-corrected chi connectivity index (χ2v) is 3.59. The molecule has 4 nitrogen and oxygen atoms in total. The Kier molecular flexibility index (Phi) is 1.93. The summed E-state index contributed by atoms with van der Waals surface area (Å²) in [5, 5.41) is 0. The first-order valence-corrected chi connectivity index (χ1v) is 5.00. The number of hydrogen-bond donors (Lipinski definition) is 0. The van der Waals surface area contributed by atoms with Crippen LogP contribution >= 0.6 is 0 Å². The minimum Gasteiger partial charge on any atom is -0.309 e. The first-order valence-electron chi connectivity index (χ1n) is 5.00. The maximum atomic E-state index is 11.0. The molecule has 2 aliphatic rings. The maximum Gasteiger partial charge on any atom is 0.181 e. The quantitative estimate of drug-likeness (QED) is 0.659. The number of allylic oxidation sites excluding steroid dienone is 1. The van der Waals surface area contributed by atoms with Gasteiger partial charge in [-0.2, -0.15) is 0 Å². The van der Waals surface area contributed by atoms with Gasteiger partial charge < -0.3 is 4.90 Å². The molecule has 0 amide bonds. The molecule has 0 N–H and O–H groups in total. The van der Waals surface area contributed by atoms with Crippen LogP contribution in [-0.4, -0.2) is 24.9 Å². The lowest BCUT2D eigenvalue weighted by molar-refractivity contribution is -0.108. The predicted octanol–water partition coefficient (Wildman–Crippen LogP) is 1.38. The summed E-state index contributed by atoms with van der Waals surface area (Å²) < 4.78 is 0. The Hall–Kier alpha value is -2.23. The van der Waals surface area contributed by atoms with Crippen LogP contribution in [-0.2, 0) is 4.79 Å². The van der Waals surface area contributed by atoms with Crippen LogP contribution in [0.25, 0.3) is 0 Å². The van der Waals surface area contributed by atoms with Gasteiger partial charge in [0, 0.05) is 18.0 Å². The lowest BCUT2D eigenvalue weighted by Crippen LogP contribution is -2.30. The number of aliphatic imine (C=N–C) groups is 2. The van der Waals surface area contributed by atoms with Gasteiger partial charge >= 0.3 is 0 Å². The summed E-state index contributed by atoms with van der Waals surface area (Å²) in [4.78, 5) is 21.2. The number of para-hydroxylation sites is 1. The van der Waals surface area contributed by atoms with Crippen LogP contribution in [0.2, 0.25) is 0 Å². The highest BCUT2D eigenvalue weighted by molar-refractivity contribution is 5.99. The van der Waals surface area contributed by atoms with E-state index in [0.29, 0.717) is 0 Å². The molecule has 0 aliphatic carbocycles. The van der Waals surface area contributed by atoms with Crippen LogP contribution in [0.1, 0.15) is 5.56 Å². The van der Waals surface area contributed by atoms with Crippen molar-refractivity contribution in [2.75, 3.05) is 4.90 Å². The predicted molar refractivity (Wildman–Crippen MR) is 62.9 cm³/mol. The summed E-state index contributed by atoms with van der Waals surface area (Å²) in [7, 11) is 0. The van der Waals surface area contributed by atoms with Crippen LogP contribution in [0, 0.1) is 0 Å². The van der Waals surface area contributed by atoms with Crippen molar-refractivity contribution in [3.63, 3.8) is 0 Å². The summed E-state index contributed by atoms with van der Waals surface area (Å²) in [6.07, 6.45) is 5.55. The molecule has 0 fully saturated rings. The van der Waals surface area contributed by atoms with Gasteiger partial charge in [-0.3, -0.25) is 14.8 Å². The van der Waals surface area contributed by atoms with E-state index >= 15 is 0 Å². The van der Waals surface area contributed by atoms with Crippen molar-refractivity contribution < 1.29 is 4.79 Å². The Bertz CT molecular complexity index is 531. The molecule has 4 heteroatoms. The fourth-order valence-corrected chi connectivity index (χ4v) is 1.92. The summed E-state index contributed by atoms with van der Waals surface area (Å²) in [6.45, 7) is 0. The molecular weight excluding hydrogens is 202 g/mol. The average Bonchev–Trinajstić information content (AvgIpc) is 2.64. The van der Waals surface area contributed by atoms with E-state index in [9.17, 15) is 4.79 Å². The van der Waals surface area contributed by atoms with Crippen molar-refractivity contribution in [2.24, 2.45) is 9.98 Å². The van der Waals surface area contributed by atoms with Gasteiger partial charge in [0.15, 0.2) is 12.5 Å². The van der Waals surface area contributed by atoms with Gasteiger partial charge in [-0.1, -0.05) is 18.2 Å². The number of benzene rings is 1. The van der Waals surface area contributed by atoms with E-state index in [2.05, 4.69) is 9.98 Å². The number of aldehydes is 1. The lowest BCUT2D eigenvalue weighted by Gasteiger charge is -2.23. The molecule has 16 heavy (non-hydrogen) atoms. The summed E-state index contributed by atoms with van der Waals surface area (Å²) >= 11 is 0. The molecule has 78 valence electrons. The number of hydrogen-bond acceptors (Lipinski definition) is 4. The van der Waals surface area contributed by atoms with Crippen molar-refractivity contribution in [1.29, 1.82) is 0 Å². The third-order valence-corrected chi connectivity index (χ3v) is 2.64. The highest BCUT2D eigenvalue weighted by Crippen LogP contribution is 2.29. The van der Waals surface area contributed by atoms with Crippen molar-refractivity contribution in [3.05, 3.63) is 41.7 Å². The molecule has 1 aromatic rings. The monoisotopic (exact) mass is 211 g/mol. The lowest BCUT2D eigenvalue weighted by atomic mass is 10.1. The molecule has 1 aromatic carbocycles. The Labute approximate surface area is 92.6 Å². The van der Waals surface area contributed by atoms with Crippen molar-refractivity contribution >= 4 is 24.4 Å². The number of nitrogens with zero attached hydrogens (tertiary/aromatic N) is 3. The number of anilines is 1. The van der Waals surface area contributed by atoms with Gasteiger partial charge in [-0.15, -0.1) is 0 Å². The smallest absolute Gasteiger partial charge is 0.181 e. The number of carbonyl (C=O) groups is 1. The van der Waals surface area contributed by atoms with E-state index in [1.54, 1.807) is 18.6 Å². The van der Waals surface area contributed by atoms with E-state index in [0.717, 1.165) is 23.2 Å². The van der Waals surface area contributed by atoms with Crippen LogP contribution in [0.15, 0.2) is 46.1 Å². The second-order valence-electron chi connectivity index (χ2n) is 3.59. The molecule has 0 saturated carbocycles. The molecule has 3 rings (SSSR count). The molecule has 0 saturated heterocycles. The van der Waals surface area contributed by atoms with Gasteiger partial charge in [0.05, 0.1) is 17.6 Å². The minimum absolute atomic E-state index is 0.464. The van der Waals surface area contributed by atoms with E-state index in [4.69, 9.17) is 0 Å². The standard InChI is InChI=1S/C12H9N3O/c16-8-12-14-7-10-6-13-5-9-3-1-2-4-11(9)15(10)12/h1-8,12H. The zero-order valence-corrected chi connectivity index (χ0v) is 8.45. The van der Waals surface area contributed by atoms with Crippen LogP contribution < -0.4 is 4.90 Å². The summed E-state index contributed by atoms with van der Waals surface area (Å²) in [5.41, 5.74) is 2.80. The van der Waals surface area contributed by atoms with Gasteiger partial charge in [0.1, 0.15) is 0 Å². The molecule has 0 aromatic heterocycles.